The molecule has 80 valence electrons. The van der Waals surface area contributed by atoms with Gasteiger partial charge in [-0.1, -0.05) is 0 Å². The van der Waals surface area contributed by atoms with Crippen molar-refractivity contribution in [3.8, 4) is 0 Å². The summed E-state index contributed by atoms with van der Waals surface area (Å²) in [5.41, 5.74) is 1.67. The number of nitrogens with zero attached hydrogens (tertiary/aromatic N) is 2. The maximum absolute atomic E-state index is 12.0. The molecule has 0 aliphatic carbocycles. The van der Waals surface area contributed by atoms with Gasteiger partial charge < -0.3 is 4.90 Å². The topological polar surface area (TPSA) is 33.2 Å². The zero-order valence-corrected chi connectivity index (χ0v) is 9.07. The Balaban J connectivity index is 2.12. The lowest BCUT2D eigenvalue weighted by molar-refractivity contribution is 0.0718. The molecule has 2 rings (SSSR count). The lowest BCUT2D eigenvalue weighted by Crippen LogP contribution is -2.36. The largest absolute Gasteiger partial charge is 0.337 e. The molecule has 15 heavy (non-hydrogen) atoms. The quantitative estimate of drug-likeness (QED) is 0.701. The van der Waals surface area contributed by atoms with Gasteiger partial charge in [0, 0.05) is 19.3 Å². The Labute approximate surface area is 90.1 Å². The van der Waals surface area contributed by atoms with Crippen LogP contribution in [0.3, 0.4) is 0 Å². The summed E-state index contributed by atoms with van der Waals surface area (Å²) in [4.78, 5) is 18.0. The molecule has 1 aliphatic heterocycles. The summed E-state index contributed by atoms with van der Waals surface area (Å²) in [6.45, 7) is 3.75. The van der Waals surface area contributed by atoms with Crippen LogP contribution < -0.4 is 0 Å². The molecule has 0 aromatic carbocycles. The first-order chi connectivity index (χ1) is 7.27. The van der Waals surface area contributed by atoms with Crippen molar-refractivity contribution in [2.24, 2.45) is 0 Å². The van der Waals surface area contributed by atoms with Gasteiger partial charge in [-0.05, 0) is 43.9 Å². The molecule has 1 aromatic rings. The molecule has 1 fully saturated rings. The fourth-order valence-corrected chi connectivity index (χ4v) is 1.91. The highest BCUT2D eigenvalue weighted by atomic mass is 16.2. The Hall–Kier alpha value is -1.38. The van der Waals surface area contributed by atoms with E-state index in [1.54, 1.807) is 6.20 Å². The van der Waals surface area contributed by atoms with E-state index in [1.807, 2.05) is 24.0 Å². The molecule has 0 radical (unpaired) electrons. The predicted molar refractivity (Wildman–Crippen MR) is 58.7 cm³/mol. The second-order valence-electron chi connectivity index (χ2n) is 4.07. The Morgan fingerprint density at radius 2 is 2.07 bits per heavy atom. The summed E-state index contributed by atoms with van der Waals surface area (Å²) >= 11 is 0. The summed E-state index contributed by atoms with van der Waals surface area (Å²) < 4.78 is 0. The molecule has 0 spiro atoms. The summed E-state index contributed by atoms with van der Waals surface area (Å²) in [5.74, 6) is 0.0819. The molecule has 1 aliphatic rings. The second kappa shape index (κ2) is 4.43. The van der Waals surface area contributed by atoms with E-state index >= 15 is 0 Å². The van der Waals surface area contributed by atoms with Crippen molar-refractivity contribution in [1.29, 1.82) is 0 Å². The standard InChI is InChI=1S/C12H16N2O/c1-10-5-6-13-11(9-10)12(15)14-7-3-2-4-8-14/h5-6,9H,2-4,7-8H2,1H3. The number of carbonyl (C=O) groups is 1. The molecule has 0 unspecified atom stereocenters. The van der Waals surface area contributed by atoms with Crippen LogP contribution in [0.15, 0.2) is 18.3 Å². The first kappa shape index (κ1) is 10.1. The molecule has 1 saturated heterocycles. The van der Waals surface area contributed by atoms with Crippen molar-refractivity contribution in [3.05, 3.63) is 29.6 Å². The third-order valence-corrected chi connectivity index (χ3v) is 2.78. The second-order valence-corrected chi connectivity index (χ2v) is 4.07. The highest BCUT2D eigenvalue weighted by molar-refractivity contribution is 5.92. The number of pyridine rings is 1. The van der Waals surface area contributed by atoms with Crippen LogP contribution in [0.2, 0.25) is 0 Å². The van der Waals surface area contributed by atoms with Crippen LogP contribution in [0.1, 0.15) is 35.3 Å². The lowest BCUT2D eigenvalue weighted by atomic mass is 10.1. The van der Waals surface area contributed by atoms with Gasteiger partial charge >= 0.3 is 0 Å². The molecule has 3 heteroatoms. The number of hydrogen-bond donors (Lipinski definition) is 0. The van der Waals surface area contributed by atoms with Crippen molar-refractivity contribution in [1.82, 2.24) is 9.88 Å². The zero-order valence-electron chi connectivity index (χ0n) is 9.07. The van der Waals surface area contributed by atoms with Crippen LogP contribution in [-0.4, -0.2) is 28.9 Å². The van der Waals surface area contributed by atoms with Crippen LogP contribution >= 0.6 is 0 Å². The van der Waals surface area contributed by atoms with Crippen molar-refractivity contribution >= 4 is 5.91 Å². The number of carbonyl (C=O) groups excluding carboxylic acids is 1. The Kier molecular flexibility index (Phi) is 2.99. The van der Waals surface area contributed by atoms with E-state index in [2.05, 4.69) is 4.98 Å². The van der Waals surface area contributed by atoms with Crippen LogP contribution in [0.4, 0.5) is 0 Å². The van der Waals surface area contributed by atoms with Crippen molar-refractivity contribution in [2.45, 2.75) is 26.2 Å². The van der Waals surface area contributed by atoms with Gasteiger partial charge in [-0.3, -0.25) is 9.78 Å². The van der Waals surface area contributed by atoms with Crippen molar-refractivity contribution in [3.63, 3.8) is 0 Å². The molecule has 0 saturated carbocycles. The minimum absolute atomic E-state index is 0.0819. The third-order valence-electron chi connectivity index (χ3n) is 2.78. The first-order valence-corrected chi connectivity index (χ1v) is 5.49. The van der Waals surface area contributed by atoms with E-state index in [9.17, 15) is 4.79 Å². The van der Waals surface area contributed by atoms with Crippen molar-refractivity contribution in [2.75, 3.05) is 13.1 Å². The third kappa shape index (κ3) is 2.35. The molecular formula is C12H16N2O. The Bertz CT molecular complexity index is 356. The summed E-state index contributed by atoms with van der Waals surface area (Å²) in [6.07, 6.45) is 5.19. The van der Waals surface area contributed by atoms with E-state index < -0.39 is 0 Å². The Morgan fingerprint density at radius 3 is 2.73 bits per heavy atom. The first-order valence-electron chi connectivity index (χ1n) is 5.49. The maximum Gasteiger partial charge on any atom is 0.272 e. The average molecular weight is 204 g/mol. The van der Waals surface area contributed by atoms with E-state index in [-0.39, 0.29) is 5.91 Å². The van der Waals surface area contributed by atoms with Gasteiger partial charge in [0.15, 0.2) is 0 Å². The number of piperidine rings is 1. The minimum Gasteiger partial charge on any atom is -0.337 e. The SMILES string of the molecule is Cc1ccnc(C(=O)N2CCCCC2)c1. The van der Waals surface area contributed by atoms with E-state index in [4.69, 9.17) is 0 Å². The molecule has 3 nitrogen and oxygen atoms in total. The van der Waals surface area contributed by atoms with Crippen LogP contribution in [0, 0.1) is 6.92 Å². The molecular weight excluding hydrogens is 188 g/mol. The highest BCUT2D eigenvalue weighted by Gasteiger charge is 2.18. The van der Waals surface area contributed by atoms with Gasteiger partial charge in [-0.15, -0.1) is 0 Å². The highest BCUT2D eigenvalue weighted by Crippen LogP contribution is 2.12. The zero-order chi connectivity index (χ0) is 10.7. The fourth-order valence-electron chi connectivity index (χ4n) is 1.91. The number of rotatable bonds is 1. The summed E-state index contributed by atoms with van der Waals surface area (Å²) in [5, 5.41) is 0. The minimum atomic E-state index is 0.0819. The van der Waals surface area contributed by atoms with Gasteiger partial charge in [-0.2, -0.15) is 0 Å². The monoisotopic (exact) mass is 204 g/mol. The van der Waals surface area contributed by atoms with E-state index in [0.717, 1.165) is 31.5 Å². The summed E-state index contributed by atoms with van der Waals surface area (Å²) in [6, 6.07) is 3.77. The molecule has 0 bridgehead atoms. The van der Waals surface area contributed by atoms with Gasteiger partial charge in [0.2, 0.25) is 0 Å². The fraction of sp³-hybridized carbons (Fsp3) is 0.500. The predicted octanol–water partition coefficient (Wildman–Crippen LogP) is 2.02. The maximum atomic E-state index is 12.0. The molecule has 1 amide bonds. The molecule has 0 N–H and O–H groups in total. The average Bonchev–Trinajstić information content (AvgIpc) is 2.29. The lowest BCUT2D eigenvalue weighted by Gasteiger charge is -2.26. The van der Waals surface area contributed by atoms with Gasteiger partial charge in [0.05, 0.1) is 0 Å². The number of aryl methyl sites for hydroxylation is 1. The van der Waals surface area contributed by atoms with Gasteiger partial charge in [0.25, 0.3) is 5.91 Å². The van der Waals surface area contributed by atoms with E-state index in [0.29, 0.717) is 5.69 Å². The van der Waals surface area contributed by atoms with Crippen LogP contribution in [-0.2, 0) is 0 Å². The van der Waals surface area contributed by atoms with E-state index in [1.165, 1.54) is 6.42 Å². The van der Waals surface area contributed by atoms with Gasteiger partial charge in [0.1, 0.15) is 5.69 Å². The smallest absolute Gasteiger partial charge is 0.272 e. The normalized spacial score (nSPS) is 16.5. The molecule has 1 aromatic heterocycles. The molecule has 0 atom stereocenters. The van der Waals surface area contributed by atoms with Crippen LogP contribution in [0.5, 0.6) is 0 Å². The number of likely N-dealkylation sites (tertiary alicyclic amines) is 1. The molecule has 2 heterocycles. The van der Waals surface area contributed by atoms with Crippen LogP contribution in [0.25, 0.3) is 0 Å². The number of amides is 1. The number of aromatic nitrogens is 1. The number of hydrogen-bond acceptors (Lipinski definition) is 2. The Morgan fingerprint density at radius 1 is 1.33 bits per heavy atom. The van der Waals surface area contributed by atoms with Gasteiger partial charge in [-0.25, -0.2) is 0 Å². The summed E-state index contributed by atoms with van der Waals surface area (Å²) in [7, 11) is 0. The van der Waals surface area contributed by atoms with Crippen molar-refractivity contribution < 1.29 is 4.79 Å².